The topological polar surface area (TPSA) is 26.3 Å². The number of hydrogen-bond donors (Lipinski definition) is 0. The zero-order valence-corrected chi connectivity index (χ0v) is 9.90. The summed E-state index contributed by atoms with van der Waals surface area (Å²) in [5.74, 6) is 0.108. The van der Waals surface area contributed by atoms with Crippen LogP contribution in [0.15, 0.2) is 42.5 Å². The van der Waals surface area contributed by atoms with Crippen molar-refractivity contribution in [1.29, 1.82) is 0 Å². The molecule has 16 heavy (non-hydrogen) atoms. The zero-order valence-electron chi connectivity index (χ0n) is 9.90. The van der Waals surface area contributed by atoms with Gasteiger partial charge in [0.25, 0.3) is 0 Å². The van der Waals surface area contributed by atoms with Crippen molar-refractivity contribution in [3.8, 4) is 0 Å². The fraction of sp³-hybridized carbons (Fsp3) is 0.357. The van der Waals surface area contributed by atoms with E-state index in [9.17, 15) is 4.79 Å². The number of rotatable bonds is 6. The first kappa shape index (κ1) is 12.7. The summed E-state index contributed by atoms with van der Waals surface area (Å²) in [6.45, 7) is 5.72. The fourth-order valence-corrected chi connectivity index (χ4v) is 1.55. The van der Waals surface area contributed by atoms with E-state index in [1.165, 1.54) is 0 Å². The molecule has 0 fully saturated rings. The Bertz CT molecular complexity index is 354. The number of Topliss-reactive ketones (excluding diaryl/α,β-unsaturated/α-hetero) is 1. The molecular weight excluding hydrogens is 200 g/mol. The van der Waals surface area contributed by atoms with Gasteiger partial charge >= 0.3 is 0 Å². The van der Waals surface area contributed by atoms with Crippen LogP contribution >= 0.6 is 0 Å². The molecule has 0 N–H and O–H groups in total. The largest absolute Gasteiger partial charge is 0.369 e. The van der Waals surface area contributed by atoms with Crippen molar-refractivity contribution in [2.45, 2.75) is 25.9 Å². The first-order chi connectivity index (χ1) is 7.65. The molecule has 2 heteroatoms. The van der Waals surface area contributed by atoms with E-state index >= 15 is 0 Å². The second kappa shape index (κ2) is 6.23. The van der Waals surface area contributed by atoms with Gasteiger partial charge in [-0.05, 0) is 18.9 Å². The van der Waals surface area contributed by atoms with E-state index in [-0.39, 0.29) is 5.78 Å². The second-order valence-corrected chi connectivity index (χ2v) is 3.95. The Hall–Kier alpha value is -1.41. The first-order valence-corrected chi connectivity index (χ1v) is 5.40. The van der Waals surface area contributed by atoms with Crippen molar-refractivity contribution in [3.05, 3.63) is 48.0 Å². The number of allylic oxidation sites excluding steroid dienone is 1. The zero-order chi connectivity index (χ0) is 12.0. The maximum atomic E-state index is 11.9. The summed E-state index contributed by atoms with van der Waals surface area (Å²) in [6, 6.07) is 9.56. The third-order valence-electron chi connectivity index (χ3n) is 2.43. The molecule has 0 spiro atoms. The first-order valence-electron chi connectivity index (χ1n) is 5.40. The minimum absolute atomic E-state index is 0.108. The average molecular weight is 218 g/mol. The monoisotopic (exact) mass is 218 g/mol. The highest BCUT2D eigenvalue weighted by atomic mass is 16.5. The van der Waals surface area contributed by atoms with Gasteiger partial charge in [-0.1, -0.05) is 35.9 Å². The molecule has 1 aromatic carbocycles. The molecule has 0 bridgehead atoms. The Morgan fingerprint density at radius 2 is 1.94 bits per heavy atom. The van der Waals surface area contributed by atoms with Gasteiger partial charge in [-0.15, -0.1) is 6.58 Å². The van der Waals surface area contributed by atoms with Crippen LogP contribution in [0, 0.1) is 0 Å². The molecule has 0 aromatic heterocycles. The molecule has 2 nitrogen and oxygen atoms in total. The summed E-state index contributed by atoms with van der Waals surface area (Å²) >= 11 is 0. The molecule has 1 aromatic rings. The van der Waals surface area contributed by atoms with Gasteiger partial charge in [0.15, 0.2) is 5.78 Å². The average Bonchev–Trinajstić information content (AvgIpc) is 2.29. The summed E-state index contributed by atoms with van der Waals surface area (Å²) in [5, 5.41) is 0. The number of methoxy groups -OCH3 is 1. The minimum Gasteiger partial charge on any atom is -0.369 e. The molecule has 0 aliphatic heterocycles. The van der Waals surface area contributed by atoms with Crippen molar-refractivity contribution < 1.29 is 9.53 Å². The van der Waals surface area contributed by atoms with Crippen LogP contribution in [-0.4, -0.2) is 12.9 Å². The summed E-state index contributed by atoms with van der Waals surface area (Å²) in [4.78, 5) is 11.9. The van der Waals surface area contributed by atoms with Crippen LogP contribution < -0.4 is 0 Å². The highest BCUT2D eigenvalue weighted by Gasteiger charge is 2.18. The Morgan fingerprint density at radius 1 is 1.31 bits per heavy atom. The molecule has 0 aliphatic carbocycles. The lowest BCUT2D eigenvalue weighted by Gasteiger charge is -2.14. The number of carbonyl (C=O) groups excluding carboxylic acids is 1. The minimum atomic E-state index is -0.444. The Morgan fingerprint density at radius 3 is 2.44 bits per heavy atom. The third-order valence-corrected chi connectivity index (χ3v) is 2.43. The van der Waals surface area contributed by atoms with Crippen molar-refractivity contribution >= 4 is 5.78 Å². The van der Waals surface area contributed by atoms with E-state index in [2.05, 4.69) is 6.58 Å². The second-order valence-electron chi connectivity index (χ2n) is 3.95. The molecule has 0 saturated heterocycles. The van der Waals surface area contributed by atoms with E-state index in [1.54, 1.807) is 7.11 Å². The lowest BCUT2D eigenvalue weighted by Crippen LogP contribution is -2.14. The quantitative estimate of drug-likeness (QED) is 0.685. The summed E-state index contributed by atoms with van der Waals surface area (Å²) in [7, 11) is 1.57. The maximum Gasteiger partial charge on any atom is 0.166 e. The molecule has 1 unspecified atom stereocenters. The number of carbonyl (C=O) groups is 1. The summed E-state index contributed by atoms with van der Waals surface area (Å²) in [6.07, 6.45) is 0.773. The number of ketones is 1. The van der Waals surface area contributed by atoms with Gasteiger partial charge in [0, 0.05) is 13.5 Å². The van der Waals surface area contributed by atoms with E-state index in [4.69, 9.17) is 4.74 Å². The van der Waals surface area contributed by atoms with E-state index in [0.717, 1.165) is 17.6 Å². The van der Waals surface area contributed by atoms with Gasteiger partial charge in [-0.3, -0.25) is 4.79 Å². The van der Waals surface area contributed by atoms with E-state index < -0.39 is 6.10 Å². The van der Waals surface area contributed by atoms with Crippen LogP contribution in [0.1, 0.15) is 31.4 Å². The maximum absolute atomic E-state index is 11.9. The number of benzene rings is 1. The van der Waals surface area contributed by atoms with Crippen molar-refractivity contribution in [3.63, 3.8) is 0 Å². The van der Waals surface area contributed by atoms with Crippen LogP contribution in [0.4, 0.5) is 0 Å². The van der Waals surface area contributed by atoms with Crippen molar-refractivity contribution in [1.82, 2.24) is 0 Å². The van der Waals surface area contributed by atoms with Crippen LogP contribution in [0.3, 0.4) is 0 Å². The molecule has 0 aliphatic rings. The fourth-order valence-electron chi connectivity index (χ4n) is 1.55. The smallest absolute Gasteiger partial charge is 0.166 e. The molecular formula is C14H18O2. The third kappa shape index (κ3) is 3.63. The van der Waals surface area contributed by atoms with E-state index in [1.807, 2.05) is 37.3 Å². The van der Waals surface area contributed by atoms with Gasteiger partial charge in [0.2, 0.25) is 0 Å². The molecule has 0 saturated carbocycles. The molecule has 1 rings (SSSR count). The summed E-state index contributed by atoms with van der Waals surface area (Å²) < 4.78 is 5.25. The predicted octanol–water partition coefficient (Wildman–Crippen LogP) is 3.30. The Balaban J connectivity index is 2.68. The van der Waals surface area contributed by atoms with E-state index in [0.29, 0.717) is 6.42 Å². The highest BCUT2D eigenvalue weighted by Crippen LogP contribution is 2.20. The lowest BCUT2D eigenvalue weighted by molar-refractivity contribution is -0.129. The van der Waals surface area contributed by atoms with Gasteiger partial charge in [0.1, 0.15) is 6.10 Å². The standard InChI is InChI=1S/C14H18O2/c1-11(2)9-10-13(15)14(16-3)12-7-5-4-6-8-12/h4-8,14H,1,9-10H2,2-3H3. The molecule has 0 amide bonds. The van der Waals surface area contributed by atoms with Crippen molar-refractivity contribution in [2.24, 2.45) is 0 Å². The van der Waals surface area contributed by atoms with Crippen LogP contribution in [0.2, 0.25) is 0 Å². The molecule has 0 heterocycles. The van der Waals surface area contributed by atoms with Crippen LogP contribution in [0.5, 0.6) is 0 Å². The molecule has 1 atom stereocenters. The molecule has 86 valence electrons. The SMILES string of the molecule is C=C(C)CCC(=O)C(OC)c1ccccc1. The van der Waals surface area contributed by atoms with Gasteiger partial charge < -0.3 is 4.74 Å². The Labute approximate surface area is 96.9 Å². The van der Waals surface area contributed by atoms with Crippen molar-refractivity contribution in [2.75, 3.05) is 7.11 Å². The molecule has 0 radical (unpaired) electrons. The normalized spacial score (nSPS) is 12.1. The number of ether oxygens (including phenoxy) is 1. The highest BCUT2D eigenvalue weighted by molar-refractivity contribution is 5.84. The lowest BCUT2D eigenvalue weighted by atomic mass is 10.0. The predicted molar refractivity (Wildman–Crippen MR) is 65.2 cm³/mol. The van der Waals surface area contributed by atoms with Gasteiger partial charge in [-0.25, -0.2) is 0 Å². The van der Waals surface area contributed by atoms with Gasteiger partial charge in [-0.2, -0.15) is 0 Å². The number of hydrogen-bond acceptors (Lipinski definition) is 2. The van der Waals surface area contributed by atoms with Crippen LogP contribution in [0.25, 0.3) is 0 Å². The van der Waals surface area contributed by atoms with Gasteiger partial charge in [0.05, 0.1) is 0 Å². The van der Waals surface area contributed by atoms with Crippen LogP contribution in [-0.2, 0) is 9.53 Å². The summed E-state index contributed by atoms with van der Waals surface area (Å²) in [5.41, 5.74) is 1.94. The Kier molecular flexibility index (Phi) is 4.93.